The summed E-state index contributed by atoms with van der Waals surface area (Å²) in [6.45, 7) is 2.64. The fourth-order valence-corrected chi connectivity index (χ4v) is 4.92. The number of anilines is 1. The van der Waals surface area contributed by atoms with Crippen LogP contribution in [0.3, 0.4) is 0 Å². The van der Waals surface area contributed by atoms with Gasteiger partial charge in [0.2, 0.25) is 10.0 Å². The van der Waals surface area contributed by atoms with E-state index < -0.39 is 31.7 Å². The quantitative estimate of drug-likeness (QED) is 0.597. The van der Waals surface area contributed by atoms with Crippen molar-refractivity contribution in [2.24, 2.45) is 0 Å². The van der Waals surface area contributed by atoms with E-state index in [1.807, 2.05) is 4.90 Å². The maximum atomic E-state index is 13.1. The van der Waals surface area contributed by atoms with Crippen LogP contribution in [0.4, 0.5) is 19.0 Å². The molecule has 3 aromatic rings. The van der Waals surface area contributed by atoms with Crippen LogP contribution in [-0.2, 0) is 16.2 Å². The smallest absolute Gasteiger partial charge is 0.353 e. The number of alkyl halides is 3. The molecule has 1 saturated heterocycles. The second kappa shape index (κ2) is 7.36. The number of aromatic nitrogens is 4. The molecule has 0 amide bonds. The van der Waals surface area contributed by atoms with Crippen LogP contribution >= 0.6 is 11.6 Å². The third-order valence-corrected chi connectivity index (χ3v) is 7.07. The normalized spacial score (nSPS) is 16.4. The number of nitrogens with zero attached hydrogens (tertiary/aromatic N) is 6. The first-order valence-electron chi connectivity index (χ1n) is 8.88. The van der Waals surface area contributed by atoms with Crippen LogP contribution < -0.4 is 4.90 Å². The number of aryl methyl sites for hydroxylation is 1. The molecular weight excluding hydrogens is 445 g/mol. The number of hydrogen-bond donors (Lipinski definition) is 0. The summed E-state index contributed by atoms with van der Waals surface area (Å²) in [5, 5.41) is 11.8. The Kier molecular flexibility index (Phi) is 5.11. The van der Waals surface area contributed by atoms with Crippen LogP contribution in [0.25, 0.3) is 5.65 Å². The molecule has 1 aliphatic heterocycles. The molecule has 0 radical (unpaired) electrons. The van der Waals surface area contributed by atoms with Gasteiger partial charge >= 0.3 is 6.18 Å². The van der Waals surface area contributed by atoms with E-state index in [0.29, 0.717) is 36.4 Å². The molecule has 160 valence electrons. The molecule has 4 rings (SSSR count). The zero-order valence-electron chi connectivity index (χ0n) is 15.6. The Morgan fingerprint density at radius 3 is 2.40 bits per heavy atom. The van der Waals surface area contributed by atoms with E-state index in [2.05, 4.69) is 15.3 Å². The van der Waals surface area contributed by atoms with Gasteiger partial charge in [0, 0.05) is 26.2 Å². The Morgan fingerprint density at radius 2 is 1.73 bits per heavy atom. The molecule has 0 bridgehead atoms. The second-order valence-electron chi connectivity index (χ2n) is 6.74. The molecule has 0 atom stereocenters. The highest BCUT2D eigenvalue weighted by molar-refractivity contribution is 7.89. The topological polar surface area (TPSA) is 83.7 Å². The van der Waals surface area contributed by atoms with Gasteiger partial charge in [0.25, 0.3) is 0 Å². The first kappa shape index (κ1) is 20.8. The van der Waals surface area contributed by atoms with E-state index in [9.17, 15) is 21.6 Å². The molecule has 8 nitrogen and oxygen atoms in total. The van der Waals surface area contributed by atoms with Crippen molar-refractivity contribution in [1.29, 1.82) is 0 Å². The molecule has 30 heavy (non-hydrogen) atoms. The van der Waals surface area contributed by atoms with E-state index >= 15 is 0 Å². The lowest BCUT2D eigenvalue weighted by molar-refractivity contribution is -0.137. The first-order chi connectivity index (χ1) is 14.1. The Balaban J connectivity index is 1.53. The number of halogens is 4. The van der Waals surface area contributed by atoms with Crippen LogP contribution in [0.1, 0.15) is 11.4 Å². The lowest BCUT2D eigenvalue weighted by Crippen LogP contribution is -2.49. The third kappa shape index (κ3) is 3.70. The summed E-state index contributed by atoms with van der Waals surface area (Å²) < 4.78 is 67.8. The standard InChI is InChI=1S/C17H16ClF3N6O2S/c1-11-22-23-15-4-5-16(24-27(11)15)25-6-8-26(9-7-25)30(28,29)12-2-3-14(18)13(10-12)17(19,20)21/h2-5,10H,6-9H2,1H3. The van der Waals surface area contributed by atoms with Gasteiger partial charge in [-0.25, -0.2) is 8.42 Å². The average Bonchev–Trinajstić information content (AvgIpc) is 3.07. The summed E-state index contributed by atoms with van der Waals surface area (Å²) in [5.41, 5.74) is -0.577. The number of sulfonamides is 1. The maximum Gasteiger partial charge on any atom is 0.417 e. The van der Waals surface area contributed by atoms with Crippen molar-refractivity contribution in [3.63, 3.8) is 0 Å². The van der Waals surface area contributed by atoms with Crippen LogP contribution in [0.2, 0.25) is 5.02 Å². The Morgan fingerprint density at radius 1 is 1.03 bits per heavy atom. The fraction of sp³-hybridized carbons (Fsp3) is 0.353. The largest absolute Gasteiger partial charge is 0.417 e. The molecule has 0 unspecified atom stereocenters. The summed E-state index contributed by atoms with van der Waals surface area (Å²) in [4.78, 5) is 1.46. The van der Waals surface area contributed by atoms with Gasteiger partial charge in [-0.15, -0.1) is 15.3 Å². The molecule has 0 spiro atoms. The van der Waals surface area contributed by atoms with Crippen molar-refractivity contribution in [2.75, 3.05) is 31.1 Å². The molecule has 0 N–H and O–H groups in total. The zero-order valence-corrected chi connectivity index (χ0v) is 17.2. The van der Waals surface area contributed by atoms with E-state index in [1.165, 1.54) is 0 Å². The van der Waals surface area contributed by atoms with Crippen molar-refractivity contribution < 1.29 is 21.6 Å². The number of piperazine rings is 1. The van der Waals surface area contributed by atoms with Crippen molar-refractivity contribution in [3.8, 4) is 0 Å². The summed E-state index contributed by atoms with van der Waals surface area (Å²) in [6, 6.07) is 6.15. The maximum absolute atomic E-state index is 13.1. The number of rotatable bonds is 3. The van der Waals surface area contributed by atoms with Crippen molar-refractivity contribution >= 4 is 33.1 Å². The molecule has 0 saturated carbocycles. The molecular formula is C17H16ClF3N6O2S. The van der Waals surface area contributed by atoms with Gasteiger partial charge in [0.05, 0.1) is 15.5 Å². The summed E-state index contributed by atoms with van der Waals surface area (Å²) >= 11 is 5.60. The highest BCUT2D eigenvalue weighted by Gasteiger charge is 2.36. The van der Waals surface area contributed by atoms with Gasteiger partial charge in [-0.3, -0.25) is 0 Å². The summed E-state index contributed by atoms with van der Waals surface area (Å²) in [5.74, 6) is 1.25. The predicted molar refractivity (Wildman–Crippen MR) is 103 cm³/mol. The van der Waals surface area contributed by atoms with E-state index in [-0.39, 0.29) is 13.1 Å². The lowest BCUT2D eigenvalue weighted by Gasteiger charge is -2.34. The molecule has 3 heterocycles. The number of fused-ring (bicyclic) bond motifs is 1. The van der Waals surface area contributed by atoms with E-state index in [0.717, 1.165) is 16.4 Å². The molecule has 1 aliphatic rings. The summed E-state index contributed by atoms with van der Waals surface area (Å²) in [6.07, 6.45) is -4.74. The van der Waals surface area contributed by atoms with E-state index in [1.54, 1.807) is 23.6 Å². The summed E-state index contributed by atoms with van der Waals surface area (Å²) in [7, 11) is -4.10. The predicted octanol–water partition coefficient (Wildman–Crippen LogP) is 2.62. The van der Waals surface area contributed by atoms with Gasteiger partial charge in [-0.2, -0.15) is 22.0 Å². The molecule has 13 heteroatoms. The Labute approximate surface area is 174 Å². The van der Waals surface area contributed by atoms with Crippen LogP contribution in [0.15, 0.2) is 35.2 Å². The minimum absolute atomic E-state index is 0.104. The van der Waals surface area contributed by atoms with Crippen molar-refractivity contribution in [3.05, 3.63) is 46.7 Å². The van der Waals surface area contributed by atoms with Gasteiger partial charge in [0.15, 0.2) is 11.5 Å². The highest BCUT2D eigenvalue weighted by atomic mass is 35.5. The Bertz CT molecular complexity index is 1210. The van der Waals surface area contributed by atoms with E-state index in [4.69, 9.17) is 11.6 Å². The van der Waals surface area contributed by atoms with Gasteiger partial charge in [-0.1, -0.05) is 11.6 Å². The number of hydrogen-bond acceptors (Lipinski definition) is 6. The minimum atomic E-state index is -4.74. The highest BCUT2D eigenvalue weighted by Crippen LogP contribution is 2.36. The number of benzene rings is 1. The van der Waals surface area contributed by atoms with Crippen LogP contribution in [0.5, 0.6) is 0 Å². The van der Waals surface area contributed by atoms with Gasteiger partial charge in [0.1, 0.15) is 5.82 Å². The zero-order chi connectivity index (χ0) is 21.7. The minimum Gasteiger partial charge on any atom is -0.353 e. The second-order valence-corrected chi connectivity index (χ2v) is 9.08. The van der Waals surface area contributed by atoms with Crippen LogP contribution in [-0.4, -0.2) is 58.7 Å². The van der Waals surface area contributed by atoms with Crippen molar-refractivity contribution in [1.82, 2.24) is 24.1 Å². The first-order valence-corrected chi connectivity index (χ1v) is 10.7. The van der Waals surface area contributed by atoms with Gasteiger partial charge < -0.3 is 4.90 Å². The van der Waals surface area contributed by atoms with Crippen molar-refractivity contribution in [2.45, 2.75) is 18.0 Å². The lowest BCUT2D eigenvalue weighted by atomic mass is 10.2. The third-order valence-electron chi connectivity index (χ3n) is 4.85. The molecule has 0 aliphatic carbocycles. The average molecular weight is 461 g/mol. The molecule has 2 aromatic heterocycles. The molecule has 1 fully saturated rings. The molecule has 1 aromatic carbocycles. The van der Waals surface area contributed by atoms with Gasteiger partial charge in [-0.05, 0) is 37.3 Å². The van der Waals surface area contributed by atoms with Crippen LogP contribution in [0, 0.1) is 6.92 Å². The SMILES string of the molecule is Cc1nnc2ccc(N3CCN(S(=O)(=O)c4ccc(Cl)c(C(F)(F)F)c4)CC3)nn12. The Hall–Kier alpha value is -2.44. The fourth-order valence-electron chi connectivity index (χ4n) is 3.24. The monoisotopic (exact) mass is 460 g/mol.